The van der Waals surface area contributed by atoms with Crippen molar-refractivity contribution in [3.05, 3.63) is 95.6 Å². The van der Waals surface area contributed by atoms with Crippen LogP contribution < -0.4 is 10.6 Å². The number of amides is 3. The van der Waals surface area contributed by atoms with E-state index in [1.165, 1.54) is 0 Å². The van der Waals surface area contributed by atoms with Crippen LogP contribution in [0.5, 0.6) is 0 Å². The minimum atomic E-state index is -0.702. The number of aromatic nitrogens is 2. The molecule has 1 aliphatic heterocycles. The Morgan fingerprint density at radius 1 is 1.02 bits per heavy atom. The number of rotatable bonds is 9. The highest BCUT2D eigenvalue weighted by molar-refractivity contribution is 5.89. The van der Waals surface area contributed by atoms with Crippen molar-refractivity contribution >= 4 is 28.7 Å². The Labute approximate surface area is 263 Å². The van der Waals surface area contributed by atoms with Crippen LogP contribution in [0.1, 0.15) is 68.4 Å². The van der Waals surface area contributed by atoms with E-state index in [0.29, 0.717) is 37.5 Å². The third-order valence-electron chi connectivity index (χ3n) is 7.86. The first kappa shape index (κ1) is 31.7. The van der Waals surface area contributed by atoms with Crippen LogP contribution in [0.4, 0.5) is 4.79 Å². The molecule has 3 aromatic carbocycles. The summed E-state index contributed by atoms with van der Waals surface area (Å²) in [7, 11) is 0. The quantitative estimate of drug-likeness (QED) is 0.257. The minimum absolute atomic E-state index is 0.0763. The SMILES string of the molecule is Cc1noc([C@@H](Cc2ccccc2)NC(=O)C(CNC(=O)C2CCCN(C(=O)OC(C)(C)C)C2)c2ccc3ccccc3c2)n1. The van der Waals surface area contributed by atoms with Crippen LogP contribution in [0.2, 0.25) is 0 Å². The molecule has 0 aliphatic carbocycles. The summed E-state index contributed by atoms with van der Waals surface area (Å²) in [6.07, 6.45) is 1.37. The zero-order valence-electron chi connectivity index (χ0n) is 26.3. The average molecular weight is 612 g/mol. The molecule has 10 nitrogen and oxygen atoms in total. The highest BCUT2D eigenvalue weighted by Crippen LogP contribution is 2.25. The van der Waals surface area contributed by atoms with E-state index in [4.69, 9.17) is 9.26 Å². The third-order valence-corrected chi connectivity index (χ3v) is 7.86. The maximum absolute atomic E-state index is 14.1. The van der Waals surface area contributed by atoms with Gasteiger partial charge < -0.3 is 24.8 Å². The fourth-order valence-corrected chi connectivity index (χ4v) is 5.59. The molecule has 3 atom stereocenters. The minimum Gasteiger partial charge on any atom is -0.444 e. The van der Waals surface area contributed by atoms with E-state index in [-0.39, 0.29) is 24.9 Å². The molecule has 0 bridgehead atoms. The van der Waals surface area contributed by atoms with Gasteiger partial charge >= 0.3 is 6.09 Å². The summed E-state index contributed by atoms with van der Waals surface area (Å²) in [5, 5.41) is 12.1. The molecule has 0 spiro atoms. The lowest BCUT2D eigenvalue weighted by Crippen LogP contribution is -2.48. The van der Waals surface area contributed by atoms with Gasteiger partial charge in [-0.1, -0.05) is 78.0 Å². The number of carbonyl (C=O) groups excluding carboxylic acids is 3. The van der Waals surface area contributed by atoms with E-state index < -0.39 is 29.6 Å². The molecule has 1 aliphatic rings. The van der Waals surface area contributed by atoms with Crippen molar-refractivity contribution in [3.8, 4) is 0 Å². The van der Waals surface area contributed by atoms with Crippen molar-refractivity contribution < 1.29 is 23.6 Å². The van der Waals surface area contributed by atoms with E-state index in [9.17, 15) is 14.4 Å². The van der Waals surface area contributed by atoms with Gasteiger partial charge in [-0.15, -0.1) is 0 Å². The maximum Gasteiger partial charge on any atom is 0.410 e. The van der Waals surface area contributed by atoms with E-state index in [2.05, 4.69) is 20.8 Å². The van der Waals surface area contributed by atoms with Gasteiger partial charge in [-0.2, -0.15) is 4.98 Å². The van der Waals surface area contributed by atoms with E-state index >= 15 is 0 Å². The van der Waals surface area contributed by atoms with Crippen LogP contribution in [0.15, 0.2) is 77.3 Å². The normalized spacial score (nSPS) is 16.5. The summed E-state index contributed by atoms with van der Waals surface area (Å²) in [5.74, 6) is -0.791. The first-order chi connectivity index (χ1) is 21.6. The van der Waals surface area contributed by atoms with Gasteiger partial charge in [0.15, 0.2) is 5.82 Å². The van der Waals surface area contributed by atoms with Gasteiger partial charge in [-0.25, -0.2) is 4.79 Å². The van der Waals surface area contributed by atoms with Crippen LogP contribution in [-0.4, -0.2) is 58.2 Å². The molecule has 2 N–H and O–H groups in total. The molecule has 4 aromatic rings. The lowest BCUT2D eigenvalue weighted by atomic mass is 9.93. The van der Waals surface area contributed by atoms with Gasteiger partial charge in [0.25, 0.3) is 0 Å². The number of nitrogens with zero attached hydrogens (tertiary/aromatic N) is 3. The van der Waals surface area contributed by atoms with Crippen LogP contribution >= 0.6 is 0 Å². The second-order valence-electron chi connectivity index (χ2n) is 12.6. The number of piperidine rings is 1. The Balaban J connectivity index is 1.35. The van der Waals surface area contributed by atoms with Crippen LogP contribution in [0, 0.1) is 12.8 Å². The topological polar surface area (TPSA) is 127 Å². The van der Waals surface area contributed by atoms with E-state index in [1.54, 1.807) is 11.8 Å². The Morgan fingerprint density at radius 2 is 1.76 bits per heavy atom. The molecule has 5 rings (SSSR count). The lowest BCUT2D eigenvalue weighted by molar-refractivity contribution is -0.127. The fourth-order valence-electron chi connectivity index (χ4n) is 5.59. The van der Waals surface area contributed by atoms with Crippen molar-refractivity contribution in [2.45, 2.75) is 64.5 Å². The number of likely N-dealkylation sites (tertiary alicyclic amines) is 1. The van der Waals surface area contributed by atoms with Crippen LogP contribution in [0.25, 0.3) is 10.8 Å². The molecule has 2 unspecified atom stereocenters. The van der Waals surface area contributed by atoms with Gasteiger partial charge in [-0.05, 0) is 62.4 Å². The zero-order valence-corrected chi connectivity index (χ0v) is 26.3. The van der Waals surface area contributed by atoms with Crippen molar-refractivity contribution in [1.82, 2.24) is 25.7 Å². The number of aryl methyl sites for hydroxylation is 1. The molecule has 10 heteroatoms. The fraction of sp³-hybridized carbons (Fsp3) is 0.400. The van der Waals surface area contributed by atoms with Crippen molar-refractivity contribution in [2.24, 2.45) is 5.92 Å². The first-order valence-electron chi connectivity index (χ1n) is 15.4. The molecule has 1 saturated heterocycles. The number of nitrogens with one attached hydrogen (secondary N) is 2. The van der Waals surface area contributed by atoms with Crippen molar-refractivity contribution in [3.63, 3.8) is 0 Å². The second kappa shape index (κ2) is 13.9. The molecule has 0 radical (unpaired) electrons. The Hall–Kier alpha value is -4.73. The predicted octanol–water partition coefficient (Wildman–Crippen LogP) is 5.48. The molecule has 236 valence electrons. The molecular weight excluding hydrogens is 570 g/mol. The van der Waals surface area contributed by atoms with Gasteiger partial charge in [0, 0.05) is 26.1 Å². The highest BCUT2D eigenvalue weighted by atomic mass is 16.6. The molecule has 1 fully saturated rings. The van der Waals surface area contributed by atoms with Crippen molar-refractivity contribution in [2.75, 3.05) is 19.6 Å². The largest absolute Gasteiger partial charge is 0.444 e. The molecule has 1 aromatic heterocycles. The Kier molecular flexibility index (Phi) is 9.80. The first-order valence-corrected chi connectivity index (χ1v) is 15.4. The summed E-state index contributed by atoms with van der Waals surface area (Å²) in [6.45, 7) is 8.08. The molecule has 45 heavy (non-hydrogen) atoms. The number of carbonyl (C=O) groups is 3. The summed E-state index contributed by atoms with van der Waals surface area (Å²) in [6, 6.07) is 23.0. The number of hydrogen-bond donors (Lipinski definition) is 2. The lowest BCUT2D eigenvalue weighted by Gasteiger charge is -2.33. The zero-order chi connectivity index (χ0) is 32.0. The van der Waals surface area contributed by atoms with Gasteiger partial charge in [0.05, 0.1) is 11.8 Å². The predicted molar refractivity (Wildman–Crippen MR) is 170 cm³/mol. The van der Waals surface area contributed by atoms with Gasteiger partial charge in [0.2, 0.25) is 17.7 Å². The molecule has 0 saturated carbocycles. The van der Waals surface area contributed by atoms with Gasteiger partial charge in [0.1, 0.15) is 11.6 Å². The van der Waals surface area contributed by atoms with E-state index in [1.807, 2.05) is 93.6 Å². The summed E-state index contributed by atoms with van der Waals surface area (Å²) in [5.41, 5.74) is 1.15. The monoisotopic (exact) mass is 611 g/mol. The van der Waals surface area contributed by atoms with Crippen molar-refractivity contribution in [1.29, 1.82) is 0 Å². The molecular formula is C35H41N5O5. The summed E-state index contributed by atoms with van der Waals surface area (Å²) in [4.78, 5) is 46.2. The smallest absolute Gasteiger partial charge is 0.410 e. The Morgan fingerprint density at radius 3 is 2.47 bits per heavy atom. The summed E-state index contributed by atoms with van der Waals surface area (Å²) >= 11 is 0. The Bertz CT molecular complexity index is 1630. The maximum atomic E-state index is 14.1. The van der Waals surface area contributed by atoms with E-state index in [0.717, 1.165) is 21.9 Å². The number of fused-ring (bicyclic) bond motifs is 1. The standard InChI is InChI=1S/C35H41N5O5/c1-23-37-33(45-39-23)30(19-24-11-6-5-7-12-24)38-32(42)29(27-17-16-25-13-8-9-14-26(25)20-27)21-36-31(41)28-15-10-18-40(22-28)34(43)44-35(2,3)4/h5-9,11-14,16-17,20,28-30H,10,15,18-19,21-22H2,1-4H3,(H,36,41)(H,38,42)/t28?,29?,30-/m1/s1. The third kappa shape index (κ3) is 8.47. The molecule has 2 heterocycles. The highest BCUT2D eigenvalue weighted by Gasteiger charge is 2.33. The van der Waals surface area contributed by atoms with Gasteiger partial charge in [-0.3, -0.25) is 9.59 Å². The number of hydrogen-bond acceptors (Lipinski definition) is 7. The number of ether oxygens (including phenoxy) is 1. The van der Waals surface area contributed by atoms with Crippen LogP contribution in [-0.2, 0) is 20.7 Å². The average Bonchev–Trinajstić information content (AvgIpc) is 3.46. The molecule has 3 amide bonds. The second-order valence-corrected chi connectivity index (χ2v) is 12.6. The number of benzene rings is 3. The summed E-state index contributed by atoms with van der Waals surface area (Å²) < 4.78 is 11.0. The van der Waals surface area contributed by atoms with Crippen LogP contribution in [0.3, 0.4) is 0 Å².